The number of aryl methyl sites for hydroxylation is 1. The molecule has 1 fully saturated rings. The molecule has 1 aromatic heterocycles. The molecule has 37 heavy (non-hydrogen) atoms. The van der Waals surface area contributed by atoms with E-state index in [1.807, 2.05) is 18.2 Å². The van der Waals surface area contributed by atoms with Gasteiger partial charge in [0.2, 0.25) is 5.91 Å². The number of carbonyl (C=O) groups is 2. The molecule has 0 bridgehead atoms. The summed E-state index contributed by atoms with van der Waals surface area (Å²) in [6.45, 7) is 0. The van der Waals surface area contributed by atoms with E-state index < -0.39 is 22.7 Å². The zero-order valence-electron chi connectivity index (χ0n) is 19.6. The zero-order chi connectivity index (χ0) is 26.2. The zero-order valence-corrected chi connectivity index (χ0v) is 20.3. The van der Waals surface area contributed by atoms with Crippen molar-refractivity contribution in [3.05, 3.63) is 82.0 Å². The molecule has 1 atom stereocenters. The lowest BCUT2D eigenvalue weighted by Gasteiger charge is -2.26. The van der Waals surface area contributed by atoms with E-state index in [2.05, 4.69) is 15.6 Å². The van der Waals surface area contributed by atoms with E-state index in [0.29, 0.717) is 36.6 Å². The van der Waals surface area contributed by atoms with Crippen LogP contribution in [0.15, 0.2) is 54.7 Å². The van der Waals surface area contributed by atoms with Crippen molar-refractivity contribution in [3.8, 4) is 11.5 Å². The highest BCUT2D eigenvalue weighted by Gasteiger charge is 2.34. The maximum absolute atomic E-state index is 13.2. The van der Waals surface area contributed by atoms with Gasteiger partial charge in [-0.3, -0.25) is 9.59 Å². The third kappa shape index (κ3) is 6.05. The van der Waals surface area contributed by atoms with E-state index in [1.54, 1.807) is 18.3 Å². The third-order valence-electron chi connectivity index (χ3n) is 6.44. The molecule has 2 N–H and O–H groups in total. The maximum atomic E-state index is 13.2. The molecule has 1 saturated carbocycles. The van der Waals surface area contributed by atoms with Gasteiger partial charge >= 0.3 is 6.18 Å². The molecule has 10 heteroatoms. The first-order chi connectivity index (χ1) is 17.7. The van der Waals surface area contributed by atoms with Crippen LogP contribution < -0.4 is 15.4 Å². The van der Waals surface area contributed by atoms with Gasteiger partial charge in [-0.2, -0.15) is 13.2 Å². The van der Waals surface area contributed by atoms with Crippen LogP contribution in [0.5, 0.6) is 11.5 Å². The first-order valence-electron chi connectivity index (χ1n) is 11.9. The summed E-state index contributed by atoms with van der Waals surface area (Å²) >= 11 is 5.67. The SMILES string of the molecule is O=C(NC1CCc2ccc(Oc3ccnc(NC(=O)C4CC4)c3)cc2C1)c1ccc(Cl)c(C(F)(F)F)c1. The van der Waals surface area contributed by atoms with Gasteiger partial charge in [-0.05, 0) is 79.6 Å². The minimum absolute atomic E-state index is 0.0419. The van der Waals surface area contributed by atoms with E-state index in [9.17, 15) is 22.8 Å². The number of nitrogens with one attached hydrogen (secondary N) is 2. The van der Waals surface area contributed by atoms with Crippen LogP contribution >= 0.6 is 11.6 Å². The molecule has 2 amide bonds. The number of nitrogens with zero attached hydrogens (tertiary/aromatic N) is 1. The Kier molecular flexibility index (Phi) is 6.81. The third-order valence-corrected chi connectivity index (χ3v) is 6.77. The summed E-state index contributed by atoms with van der Waals surface area (Å²) in [6.07, 6.45) is 0.584. The summed E-state index contributed by atoms with van der Waals surface area (Å²) in [5.41, 5.74) is 0.971. The average molecular weight is 530 g/mol. The minimum Gasteiger partial charge on any atom is -0.457 e. The van der Waals surface area contributed by atoms with Crippen molar-refractivity contribution >= 4 is 29.2 Å². The van der Waals surface area contributed by atoms with Gasteiger partial charge in [0.25, 0.3) is 5.91 Å². The van der Waals surface area contributed by atoms with Gasteiger partial charge in [0.15, 0.2) is 0 Å². The van der Waals surface area contributed by atoms with Crippen molar-refractivity contribution in [2.75, 3.05) is 5.32 Å². The summed E-state index contributed by atoms with van der Waals surface area (Å²) in [5.74, 6) is 0.965. The largest absolute Gasteiger partial charge is 0.457 e. The van der Waals surface area contributed by atoms with Gasteiger partial charge in [-0.25, -0.2) is 4.98 Å². The molecule has 2 aliphatic carbocycles. The van der Waals surface area contributed by atoms with Crippen LogP contribution in [0.1, 0.15) is 46.3 Å². The van der Waals surface area contributed by atoms with Gasteiger partial charge in [0.05, 0.1) is 10.6 Å². The maximum Gasteiger partial charge on any atom is 0.417 e. The molecule has 2 aromatic carbocycles. The molecule has 3 aromatic rings. The number of hydrogen-bond donors (Lipinski definition) is 2. The first-order valence-corrected chi connectivity index (χ1v) is 12.3. The molecular weight excluding hydrogens is 507 g/mol. The molecule has 6 nitrogen and oxygen atoms in total. The number of rotatable bonds is 6. The second kappa shape index (κ2) is 10.0. The molecule has 5 rings (SSSR count). The lowest BCUT2D eigenvalue weighted by Crippen LogP contribution is -2.38. The predicted molar refractivity (Wildman–Crippen MR) is 132 cm³/mol. The summed E-state index contributed by atoms with van der Waals surface area (Å²) < 4.78 is 45.5. The van der Waals surface area contributed by atoms with Gasteiger partial charge in [0.1, 0.15) is 17.3 Å². The van der Waals surface area contributed by atoms with Gasteiger partial charge in [0, 0.05) is 29.8 Å². The Balaban J connectivity index is 1.25. The molecule has 0 radical (unpaired) electrons. The molecule has 0 saturated heterocycles. The van der Waals surface area contributed by atoms with Crippen molar-refractivity contribution in [3.63, 3.8) is 0 Å². The van der Waals surface area contributed by atoms with E-state index in [4.69, 9.17) is 16.3 Å². The second-order valence-electron chi connectivity index (χ2n) is 9.28. The monoisotopic (exact) mass is 529 g/mol. The average Bonchev–Trinajstić information content (AvgIpc) is 3.69. The lowest BCUT2D eigenvalue weighted by molar-refractivity contribution is -0.137. The number of fused-ring (bicyclic) bond motifs is 1. The van der Waals surface area contributed by atoms with Gasteiger partial charge < -0.3 is 15.4 Å². The van der Waals surface area contributed by atoms with Crippen LogP contribution in [0.25, 0.3) is 0 Å². The number of pyridine rings is 1. The number of carbonyl (C=O) groups excluding carboxylic acids is 2. The normalized spacial score (nSPS) is 17.0. The number of halogens is 4. The molecule has 0 spiro atoms. The van der Waals surface area contributed by atoms with Crippen LogP contribution in [-0.2, 0) is 23.8 Å². The lowest BCUT2D eigenvalue weighted by atomic mass is 9.88. The Morgan fingerprint density at radius 1 is 0.973 bits per heavy atom. The molecule has 0 aliphatic heterocycles. The molecule has 1 unspecified atom stereocenters. The topological polar surface area (TPSA) is 80.3 Å². The predicted octanol–water partition coefficient (Wildman–Crippen LogP) is 6.18. The van der Waals surface area contributed by atoms with Crippen molar-refractivity contribution in [2.24, 2.45) is 5.92 Å². The van der Waals surface area contributed by atoms with E-state index >= 15 is 0 Å². The summed E-state index contributed by atoms with van der Waals surface area (Å²) in [4.78, 5) is 28.9. The Bertz CT molecular complexity index is 1360. The minimum atomic E-state index is -4.65. The number of benzene rings is 2. The number of alkyl halides is 3. The van der Waals surface area contributed by atoms with E-state index in [0.717, 1.165) is 36.1 Å². The van der Waals surface area contributed by atoms with Crippen molar-refractivity contribution < 1.29 is 27.5 Å². The van der Waals surface area contributed by atoms with Crippen LogP contribution in [0.4, 0.5) is 19.0 Å². The summed E-state index contributed by atoms with van der Waals surface area (Å²) in [7, 11) is 0. The van der Waals surface area contributed by atoms with Crippen LogP contribution in [-0.4, -0.2) is 22.8 Å². The number of amides is 2. The van der Waals surface area contributed by atoms with Crippen molar-refractivity contribution in [1.29, 1.82) is 0 Å². The number of anilines is 1. The fourth-order valence-corrected chi connectivity index (χ4v) is 4.55. The number of aromatic nitrogens is 1. The fourth-order valence-electron chi connectivity index (χ4n) is 4.33. The highest BCUT2D eigenvalue weighted by Crippen LogP contribution is 2.35. The van der Waals surface area contributed by atoms with Gasteiger partial charge in [-0.1, -0.05) is 17.7 Å². The summed E-state index contributed by atoms with van der Waals surface area (Å²) in [5, 5.41) is 5.19. The molecular formula is C27H23ClF3N3O3. The molecule has 1 heterocycles. The Morgan fingerprint density at radius 3 is 2.51 bits per heavy atom. The number of ether oxygens (including phenoxy) is 1. The van der Waals surface area contributed by atoms with Crippen molar-refractivity contribution in [1.82, 2.24) is 10.3 Å². The standard InChI is InChI=1S/C27H23ClF3N3O3/c28-23-8-5-17(13-22(23)27(29,30)31)26(36)33-19-6-3-15-4-7-20(12-18(15)11-19)37-21-9-10-32-24(14-21)34-25(35)16-1-2-16/h4-5,7-10,12-14,16,19H,1-3,6,11H2,(H,33,36)(H,32,34,35). The summed E-state index contributed by atoms with van der Waals surface area (Å²) in [6, 6.07) is 12.0. The number of hydrogen-bond acceptors (Lipinski definition) is 4. The molecule has 192 valence electrons. The Labute approximate surface area is 216 Å². The van der Waals surface area contributed by atoms with Gasteiger partial charge in [-0.15, -0.1) is 0 Å². The molecule has 2 aliphatic rings. The van der Waals surface area contributed by atoms with Crippen LogP contribution in [0.3, 0.4) is 0 Å². The Hall–Kier alpha value is -3.59. The highest BCUT2D eigenvalue weighted by atomic mass is 35.5. The quantitative estimate of drug-likeness (QED) is 0.399. The van der Waals surface area contributed by atoms with E-state index in [-0.39, 0.29) is 23.4 Å². The van der Waals surface area contributed by atoms with E-state index in [1.165, 1.54) is 6.07 Å². The smallest absolute Gasteiger partial charge is 0.417 e. The van der Waals surface area contributed by atoms with Crippen LogP contribution in [0.2, 0.25) is 5.02 Å². The fraction of sp³-hybridized carbons (Fsp3) is 0.296. The first kappa shape index (κ1) is 25.1. The second-order valence-corrected chi connectivity index (χ2v) is 9.69. The van der Waals surface area contributed by atoms with Crippen molar-refractivity contribution in [2.45, 2.75) is 44.3 Å². The Morgan fingerprint density at radius 2 is 1.76 bits per heavy atom. The highest BCUT2D eigenvalue weighted by molar-refractivity contribution is 6.31. The van der Waals surface area contributed by atoms with Crippen LogP contribution in [0, 0.1) is 5.92 Å².